The molecule has 0 bridgehead atoms. The zero-order valence-electron chi connectivity index (χ0n) is 5.36. The van der Waals surface area contributed by atoms with Gasteiger partial charge in [0.2, 0.25) is 0 Å². The second-order valence-corrected chi connectivity index (χ2v) is 3.93. The van der Waals surface area contributed by atoms with Crippen LogP contribution in [0.15, 0.2) is 0 Å². The van der Waals surface area contributed by atoms with E-state index >= 15 is 0 Å². The minimum atomic E-state index is 0.264. The minimum absolute atomic E-state index is 0.264. The number of rotatable bonds is 4. The van der Waals surface area contributed by atoms with Crippen LogP contribution in [0.3, 0.4) is 0 Å². The number of carbonyl (C=O) groups excluding carboxylic acids is 1. The topological polar surface area (TPSA) is 17.1 Å². The van der Waals surface area contributed by atoms with Crippen molar-refractivity contribution in [2.45, 2.75) is 24.6 Å². The molecule has 0 amide bonds. The summed E-state index contributed by atoms with van der Waals surface area (Å²) >= 11 is 6.71. The van der Waals surface area contributed by atoms with Crippen molar-refractivity contribution in [1.82, 2.24) is 0 Å². The van der Waals surface area contributed by atoms with E-state index in [0.29, 0.717) is 11.2 Å². The number of carbonyl (C=O) groups is 1. The van der Waals surface area contributed by atoms with Crippen LogP contribution in [-0.2, 0) is 4.79 Å². The highest BCUT2D eigenvalue weighted by atomic mass is 79.9. The molecule has 0 aliphatic rings. The van der Waals surface area contributed by atoms with Gasteiger partial charge in [-0.1, -0.05) is 31.9 Å². The fraction of sp³-hybridized carbons (Fsp3) is 0.833. The summed E-state index contributed by atoms with van der Waals surface area (Å²) in [4.78, 5) is 10.9. The lowest BCUT2D eigenvalue weighted by molar-refractivity contribution is -0.117. The van der Waals surface area contributed by atoms with Gasteiger partial charge in [0.25, 0.3) is 0 Å². The van der Waals surface area contributed by atoms with Gasteiger partial charge in [-0.15, -0.1) is 0 Å². The monoisotopic (exact) mass is 256 g/mol. The van der Waals surface area contributed by atoms with Crippen LogP contribution in [0.4, 0.5) is 0 Å². The Morgan fingerprint density at radius 1 is 1.67 bits per heavy atom. The largest absolute Gasteiger partial charge is 0.300 e. The fourth-order valence-electron chi connectivity index (χ4n) is 0.437. The summed E-state index contributed by atoms with van der Waals surface area (Å²) in [6, 6.07) is 0. The van der Waals surface area contributed by atoms with Crippen LogP contribution in [-0.4, -0.2) is 15.9 Å². The molecule has 54 valence electrons. The fourth-order valence-corrected chi connectivity index (χ4v) is 0.990. The molecule has 0 saturated heterocycles. The maximum absolute atomic E-state index is 10.4. The van der Waals surface area contributed by atoms with E-state index in [1.807, 2.05) is 0 Å². The lowest BCUT2D eigenvalue weighted by Gasteiger charge is -2.01. The number of Topliss-reactive ketones (excluding diaryl/α,β-unsaturated/α-hetero) is 1. The van der Waals surface area contributed by atoms with E-state index < -0.39 is 0 Å². The summed E-state index contributed by atoms with van der Waals surface area (Å²) in [5.74, 6) is 0.264. The van der Waals surface area contributed by atoms with Gasteiger partial charge >= 0.3 is 0 Å². The summed E-state index contributed by atoms with van der Waals surface area (Å²) in [5.41, 5.74) is 0. The molecule has 3 heteroatoms. The van der Waals surface area contributed by atoms with E-state index in [1.54, 1.807) is 6.92 Å². The van der Waals surface area contributed by atoms with Gasteiger partial charge < -0.3 is 4.79 Å². The Balaban J connectivity index is 3.16. The van der Waals surface area contributed by atoms with Crippen molar-refractivity contribution in [2.24, 2.45) is 0 Å². The van der Waals surface area contributed by atoms with Gasteiger partial charge in [-0.25, -0.2) is 0 Å². The van der Waals surface area contributed by atoms with E-state index in [9.17, 15) is 4.79 Å². The first-order valence-electron chi connectivity index (χ1n) is 2.86. The van der Waals surface area contributed by atoms with Gasteiger partial charge in [0.15, 0.2) is 0 Å². The van der Waals surface area contributed by atoms with Crippen LogP contribution in [0.5, 0.6) is 0 Å². The van der Waals surface area contributed by atoms with E-state index in [2.05, 4.69) is 31.9 Å². The standard InChI is InChI=1S/C6H10Br2O/c1-5(9)2-3-6(8)4-7/h6H,2-4H2,1H3. The highest BCUT2D eigenvalue weighted by Gasteiger charge is 2.02. The van der Waals surface area contributed by atoms with Crippen LogP contribution in [0.1, 0.15) is 19.8 Å². The average molecular weight is 258 g/mol. The quantitative estimate of drug-likeness (QED) is 0.708. The molecule has 0 N–H and O–H groups in total. The van der Waals surface area contributed by atoms with Gasteiger partial charge in [-0.3, -0.25) is 0 Å². The highest BCUT2D eigenvalue weighted by molar-refractivity contribution is 9.12. The molecule has 1 nitrogen and oxygen atoms in total. The first-order valence-corrected chi connectivity index (χ1v) is 4.90. The number of halogens is 2. The Morgan fingerprint density at radius 2 is 2.22 bits per heavy atom. The molecular weight excluding hydrogens is 248 g/mol. The first kappa shape index (κ1) is 9.63. The molecule has 0 aromatic rings. The normalized spacial score (nSPS) is 13.2. The molecule has 0 radical (unpaired) electrons. The van der Waals surface area contributed by atoms with Crippen molar-refractivity contribution in [2.75, 3.05) is 5.33 Å². The summed E-state index contributed by atoms with van der Waals surface area (Å²) in [5, 5.41) is 0.917. The molecule has 1 unspecified atom stereocenters. The zero-order valence-corrected chi connectivity index (χ0v) is 8.53. The van der Waals surface area contributed by atoms with Crippen LogP contribution in [0, 0.1) is 0 Å². The lowest BCUT2D eigenvalue weighted by Crippen LogP contribution is -2.01. The summed E-state index contributed by atoms with van der Waals surface area (Å²) in [6.45, 7) is 1.62. The van der Waals surface area contributed by atoms with Crippen LogP contribution >= 0.6 is 31.9 Å². The zero-order chi connectivity index (χ0) is 7.28. The summed E-state index contributed by atoms with van der Waals surface area (Å²) in [7, 11) is 0. The molecule has 9 heavy (non-hydrogen) atoms. The van der Waals surface area contributed by atoms with Crippen molar-refractivity contribution < 1.29 is 4.79 Å². The van der Waals surface area contributed by atoms with Crippen LogP contribution in [0.25, 0.3) is 0 Å². The number of ketones is 1. The number of hydrogen-bond donors (Lipinski definition) is 0. The Hall–Kier alpha value is 0.630. The number of hydrogen-bond acceptors (Lipinski definition) is 1. The van der Waals surface area contributed by atoms with Crippen LogP contribution in [0.2, 0.25) is 0 Å². The maximum atomic E-state index is 10.4. The second-order valence-electron chi connectivity index (χ2n) is 1.99. The highest BCUT2D eigenvalue weighted by Crippen LogP contribution is 2.10. The van der Waals surface area contributed by atoms with Crippen molar-refractivity contribution in [3.8, 4) is 0 Å². The molecule has 0 aliphatic carbocycles. The van der Waals surface area contributed by atoms with E-state index in [0.717, 1.165) is 11.8 Å². The van der Waals surface area contributed by atoms with Gasteiger partial charge in [0.1, 0.15) is 5.78 Å². The molecule has 0 spiro atoms. The third kappa shape index (κ3) is 6.52. The van der Waals surface area contributed by atoms with E-state index in [-0.39, 0.29) is 5.78 Å². The predicted octanol–water partition coefficient (Wildman–Crippen LogP) is 2.51. The molecule has 0 heterocycles. The van der Waals surface area contributed by atoms with E-state index in [1.165, 1.54) is 0 Å². The number of alkyl halides is 2. The van der Waals surface area contributed by atoms with E-state index in [4.69, 9.17) is 0 Å². The first-order chi connectivity index (χ1) is 4.16. The van der Waals surface area contributed by atoms with Crippen molar-refractivity contribution in [3.63, 3.8) is 0 Å². The molecule has 0 fully saturated rings. The molecular formula is C6H10Br2O. The SMILES string of the molecule is CC(=O)CCC(Br)CBr. The van der Waals surface area contributed by atoms with Gasteiger partial charge in [-0.05, 0) is 13.3 Å². The Morgan fingerprint density at radius 3 is 2.56 bits per heavy atom. The summed E-state index contributed by atoms with van der Waals surface area (Å²) in [6.07, 6.45) is 1.61. The third-order valence-electron chi connectivity index (χ3n) is 0.977. The van der Waals surface area contributed by atoms with Gasteiger partial charge in [0, 0.05) is 16.6 Å². The average Bonchev–Trinajstić information content (AvgIpc) is 1.83. The van der Waals surface area contributed by atoms with Crippen LogP contribution < -0.4 is 0 Å². The Kier molecular flexibility index (Phi) is 5.80. The molecule has 0 aromatic carbocycles. The maximum Gasteiger partial charge on any atom is 0.129 e. The molecule has 0 saturated carbocycles. The van der Waals surface area contributed by atoms with Gasteiger partial charge in [0.05, 0.1) is 0 Å². The third-order valence-corrected chi connectivity index (χ3v) is 3.41. The molecule has 0 aromatic heterocycles. The van der Waals surface area contributed by atoms with Crippen molar-refractivity contribution in [1.29, 1.82) is 0 Å². The Bertz CT molecular complexity index is 93.1. The summed E-state index contributed by atoms with van der Waals surface area (Å²) < 4.78 is 0. The predicted molar refractivity (Wildman–Crippen MR) is 46.4 cm³/mol. The molecule has 1 atom stereocenters. The van der Waals surface area contributed by atoms with Gasteiger partial charge in [-0.2, -0.15) is 0 Å². The van der Waals surface area contributed by atoms with Crippen molar-refractivity contribution >= 4 is 37.6 Å². The minimum Gasteiger partial charge on any atom is -0.300 e. The second kappa shape index (κ2) is 5.42. The van der Waals surface area contributed by atoms with Crippen molar-refractivity contribution in [3.05, 3.63) is 0 Å². The lowest BCUT2D eigenvalue weighted by atomic mass is 10.2. The molecule has 0 rings (SSSR count). The molecule has 0 aliphatic heterocycles. The Labute approximate surface area is 72.5 Å². The smallest absolute Gasteiger partial charge is 0.129 e.